The number of carbonyl (C=O) groups excluding carboxylic acids is 1. The third kappa shape index (κ3) is 6.29. The number of hydrogen-bond acceptors (Lipinski definition) is 3. The lowest BCUT2D eigenvalue weighted by Crippen LogP contribution is -2.56. The average molecular weight is 227 g/mol. The number of rotatable bonds is 5. The van der Waals surface area contributed by atoms with Crippen LogP contribution in [-0.4, -0.2) is 42.7 Å². The Hall–Kier alpha value is -0.820. The predicted octanol–water partition coefficient (Wildman–Crippen LogP) is 0.0733. The van der Waals surface area contributed by atoms with Gasteiger partial charge in [0.15, 0.2) is 0 Å². The van der Waals surface area contributed by atoms with E-state index in [4.69, 9.17) is 11.5 Å². The molecule has 15 heavy (non-hydrogen) atoms. The summed E-state index contributed by atoms with van der Waals surface area (Å²) in [5.74, 6) is -0.735. The van der Waals surface area contributed by atoms with Crippen LogP contribution in [0.15, 0.2) is 0 Å². The van der Waals surface area contributed by atoms with Crippen LogP contribution in [0.4, 0.5) is 13.2 Å². The Balaban J connectivity index is 4.04. The quantitative estimate of drug-likeness (QED) is 0.698. The van der Waals surface area contributed by atoms with Crippen LogP contribution in [0.25, 0.3) is 0 Å². The minimum atomic E-state index is -4.20. The molecule has 0 bridgehead atoms. The second-order valence-corrected chi connectivity index (χ2v) is 3.88. The highest BCUT2D eigenvalue weighted by Crippen LogP contribution is 2.19. The van der Waals surface area contributed by atoms with Crippen LogP contribution in [0.3, 0.4) is 0 Å². The molecule has 0 saturated heterocycles. The van der Waals surface area contributed by atoms with Crippen molar-refractivity contribution in [2.75, 3.05) is 20.1 Å². The minimum absolute atomic E-state index is 0.00157. The SMILES string of the molecule is CN(CCC(F)(F)F)CC(C)(N)C(N)=O. The molecule has 0 spiro atoms. The molecular formula is C8H16F3N3O. The fourth-order valence-electron chi connectivity index (χ4n) is 1.04. The van der Waals surface area contributed by atoms with Gasteiger partial charge < -0.3 is 16.4 Å². The molecule has 0 aliphatic carbocycles. The highest BCUT2D eigenvalue weighted by molar-refractivity contribution is 5.84. The van der Waals surface area contributed by atoms with Gasteiger partial charge in [0, 0.05) is 13.1 Å². The Labute approximate surface area is 86.4 Å². The van der Waals surface area contributed by atoms with E-state index in [9.17, 15) is 18.0 Å². The first-order valence-corrected chi connectivity index (χ1v) is 4.39. The van der Waals surface area contributed by atoms with Gasteiger partial charge in [0.2, 0.25) is 5.91 Å². The molecule has 0 rings (SSSR count). The first-order valence-electron chi connectivity index (χ1n) is 4.39. The lowest BCUT2D eigenvalue weighted by molar-refractivity contribution is -0.137. The van der Waals surface area contributed by atoms with Crippen molar-refractivity contribution in [1.82, 2.24) is 4.90 Å². The van der Waals surface area contributed by atoms with Crippen LogP contribution >= 0.6 is 0 Å². The molecule has 7 heteroatoms. The maximum Gasteiger partial charge on any atom is 0.390 e. The molecule has 0 aliphatic rings. The van der Waals surface area contributed by atoms with Crippen molar-refractivity contribution in [2.45, 2.75) is 25.1 Å². The Morgan fingerprint density at radius 1 is 1.40 bits per heavy atom. The van der Waals surface area contributed by atoms with Gasteiger partial charge >= 0.3 is 6.18 Å². The van der Waals surface area contributed by atoms with Gasteiger partial charge in [-0.3, -0.25) is 4.79 Å². The average Bonchev–Trinajstić information content (AvgIpc) is 1.98. The molecule has 0 aromatic heterocycles. The molecule has 4 nitrogen and oxygen atoms in total. The third-order valence-corrected chi connectivity index (χ3v) is 1.94. The van der Waals surface area contributed by atoms with E-state index in [1.165, 1.54) is 18.9 Å². The van der Waals surface area contributed by atoms with Gasteiger partial charge in [-0.2, -0.15) is 13.2 Å². The van der Waals surface area contributed by atoms with E-state index in [0.29, 0.717) is 0 Å². The van der Waals surface area contributed by atoms with Crippen molar-refractivity contribution in [3.63, 3.8) is 0 Å². The van der Waals surface area contributed by atoms with Crippen molar-refractivity contribution in [3.8, 4) is 0 Å². The lowest BCUT2D eigenvalue weighted by Gasteiger charge is -2.27. The highest BCUT2D eigenvalue weighted by Gasteiger charge is 2.30. The molecule has 1 unspecified atom stereocenters. The second-order valence-electron chi connectivity index (χ2n) is 3.88. The summed E-state index contributed by atoms with van der Waals surface area (Å²) in [5, 5.41) is 0. The summed E-state index contributed by atoms with van der Waals surface area (Å²) in [4.78, 5) is 12.1. The van der Waals surface area contributed by atoms with Crippen molar-refractivity contribution in [2.24, 2.45) is 11.5 Å². The molecule has 0 heterocycles. The third-order valence-electron chi connectivity index (χ3n) is 1.94. The van der Waals surface area contributed by atoms with Gasteiger partial charge in [0.05, 0.1) is 6.42 Å². The number of nitrogens with zero attached hydrogens (tertiary/aromatic N) is 1. The van der Waals surface area contributed by atoms with E-state index in [1.54, 1.807) is 0 Å². The highest BCUT2D eigenvalue weighted by atomic mass is 19.4. The second kappa shape index (κ2) is 4.80. The zero-order valence-corrected chi connectivity index (χ0v) is 8.77. The van der Waals surface area contributed by atoms with Gasteiger partial charge in [0.1, 0.15) is 5.54 Å². The predicted molar refractivity (Wildman–Crippen MR) is 50.0 cm³/mol. The van der Waals surface area contributed by atoms with E-state index < -0.39 is 24.0 Å². The smallest absolute Gasteiger partial charge is 0.368 e. The lowest BCUT2D eigenvalue weighted by atomic mass is 10.0. The number of alkyl halides is 3. The monoisotopic (exact) mass is 227 g/mol. The summed E-state index contributed by atoms with van der Waals surface area (Å²) >= 11 is 0. The number of amides is 1. The number of carbonyl (C=O) groups is 1. The molecule has 4 N–H and O–H groups in total. The molecule has 90 valence electrons. The number of likely N-dealkylation sites (N-methyl/N-ethyl adjacent to an activating group) is 1. The fourth-order valence-corrected chi connectivity index (χ4v) is 1.04. The number of nitrogens with two attached hydrogens (primary N) is 2. The van der Waals surface area contributed by atoms with Crippen LogP contribution < -0.4 is 11.5 Å². The summed E-state index contributed by atoms with van der Waals surface area (Å²) < 4.78 is 35.6. The molecule has 0 aliphatic heterocycles. The minimum Gasteiger partial charge on any atom is -0.368 e. The van der Waals surface area contributed by atoms with Crippen molar-refractivity contribution in [1.29, 1.82) is 0 Å². The molecule has 0 saturated carbocycles. The van der Waals surface area contributed by atoms with Gasteiger partial charge in [-0.25, -0.2) is 0 Å². The van der Waals surface area contributed by atoms with Crippen LogP contribution in [0.2, 0.25) is 0 Å². The molecule has 1 amide bonds. The zero-order valence-electron chi connectivity index (χ0n) is 8.77. The van der Waals surface area contributed by atoms with Crippen LogP contribution in [0.1, 0.15) is 13.3 Å². The largest absolute Gasteiger partial charge is 0.390 e. The Morgan fingerprint density at radius 2 is 1.87 bits per heavy atom. The Bertz CT molecular complexity index is 228. The van der Waals surface area contributed by atoms with E-state index in [1.807, 2.05) is 0 Å². The number of primary amides is 1. The zero-order chi connectivity index (χ0) is 12.3. The molecule has 1 atom stereocenters. The first kappa shape index (κ1) is 14.2. The van der Waals surface area contributed by atoms with Crippen LogP contribution in [0, 0.1) is 0 Å². The molecular weight excluding hydrogens is 211 g/mol. The van der Waals surface area contributed by atoms with Crippen molar-refractivity contribution < 1.29 is 18.0 Å². The maximum absolute atomic E-state index is 11.9. The molecule has 0 aromatic carbocycles. The summed E-state index contributed by atoms with van der Waals surface area (Å²) in [6.45, 7) is 1.18. The first-order chi connectivity index (χ1) is 6.54. The van der Waals surface area contributed by atoms with Crippen molar-refractivity contribution in [3.05, 3.63) is 0 Å². The summed E-state index contributed by atoms with van der Waals surface area (Å²) in [6.07, 6.45) is -5.13. The van der Waals surface area contributed by atoms with Gasteiger partial charge in [-0.05, 0) is 14.0 Å². The topological polar surface area (TPSA) is 72.3 Å². The Morgan fingerprint density at radius 3 is 2.20 bits per heavy atom. The number of hydrogen-bond donors (Lipinski definition) is 2. The molecule has 0 fully saturated rings. The summed E-state index contributed by atoms with van der Waals surface area (Å²) in [5.41, 5.74) is 9.18. The van der Waals surface area contributed by atoms with E-state index in [-0.39, 0.29) is 13.1 Å². The van der Waals surface area contributed by atoms with Gasteiger partial charge in [-0.1, -0.05) is 0 Å². The van der Waals surface area contributed by atoms with Gasteiger partial charge in [0.25, 0.3) is 0 Å². The summed E-state index contributed by atoms with van der Waals surface area (Å²) in [6, 6.07) is 0. The van der Waals surface area contributed by atoms with E-state index in [0.717, 1.165) is 0 Å². The normalized spacial score (nSPS) is 16.5. The van der Waals surface area contributed by atoms with Crippen LogP contribution in [0.5, 0.6) is 0 Å². The molecule has 0 radical (unpaired) electrons. The van der Waals surface area contributed by atoms with Crippen LogP contribution in [-0.2, 0) is 4.79 Å². The van der Waals surface area contributed by atoms with E-state index >= 15 is 0 Å². The maximum atomic E-state index is 11.9. The van der Waals surface area contributed by atoms with E-state index in [2.05, 4.69) is 0 Å². The molecule has 0 aromatic rings. The standard InChI is InChI=1S/C8H16F3N3O/c1-7(13,6(12)15)5-14(2)4-3-8(9,10)11/h3-5,13H2,1-2H3,(H2,12,15). The number of halogens is 3. The fraction of sp³-hybridized carbons (Fsp3) is 0.875. The Kier molecular flexibility index (Phi) is 4.54. The summed E-state index contributed by atoms with van der Waals surface area (Å²) in [7, 11) is 1.46. The van der Waals surface area contributed by atoms with Gasteiger partial charge in [-0.15, -0.1) is 0 Å². The van der Waals surface area contributed by atoms with Crippen molar-refractivity contribution >= 4 is 5.91 Å².